The number of hydrogen-bond donors (Lipinski definition) is 1. The lowest BCUT2D eigenvalue weighted by atomic mass is 9.94. The largest absolute Gasteiger partial charge is 0.492 e. The Kier molecular flexibility index (Phi) is 10.7. The molecule has 0 spiro atoms. The number of alkyl halides is 1. The molecule has 2 heterocycles. The molecule has 1 amide bonds. The van der Waals surface area contributed by atoms with Crippen molar-refractivity contribution in [3.63, 3.8) is 0 Å². The standard InChI is InChI=1S/C32H42F2N4O3/c1-3-32(34,4-2)21-37-14-11-23(12-15-37)19-41-30-10-8-24(16-26(30)18-35)25-7-9-28(29(33)17-25)31(39)38-13-5-6-27(38)20-40-22-36/h7-10,16-17,23,27H,3-6,11-15,19-22,36H2,1-2H3/t27-/m0/s1. The number of piperidine rings is 1. The molecule has 2 N–H and O–H groups in total. The molecule has 0 unspecified atom stereocenters. The van der Waals surface area contributed by atoms with Gasteiger partial charge in [-0.15, -0.1) is 0 Å². The molecule has 2 saturated heterocycles. The van der Waals surface area contributed by atoms with Gasteiger partial charge in [-0.05, 0) is 92.9 Å². The van der Waals surface area contributed by atoms with Gasteiger partial charge in [0.15, 0.2) is 0 Å². The summed E-state index contributed by atoms with van der Waals surface area (Å²) in [6, 6.07) is 11.8. The quantitative estimate of drug-likeness (QED) is 0.339. The molecule has 2 aliphatic heterocycles. The molecule has 9 heteroatoms. The Morgan fingerprint density at radius 2 is 1.78 bits per heavy atom. The van der Waals surface area contributed by atoms with Crippen molar-refractivity contribution >= 4 is 5.91 Å². The maximum absolute atomic E-state index is 15.2. The van der Waals surface area contributed by atoms with Crippen molar-refractivity contribution < 1.29 is 23.0 Å². The number of amides is 1. The van der Waals surface area contributed by atoms with E-state index in [9.17, 15) is 14.4 Å². The number of ether oxygens (including phenoxy) is 2. The van der Waals surface area contributed by atoms with Gasteiger partial charge in [0.2, 0.25) is 0 Å². The number of carbonyl (C=O) groups excluding carboxylic acids is 1. The number of nitrogens with two attached hydrogens (primary N) is 1. The first-order valence-corrected chi connectivity index (χ1v) is 14.8. The molecule has 2 aromatic carbocycles. The predicted molar refractivity (Wildman–Crippen MR) is 155 cm³/mol. The molecule has 0 bridgehead atoms. The van der Waals surface area contributed by atoms with Crippen LogP contribution < -0.4 is 10.5 Å². The maximum Gasteiger partial charge on any atom is 0.257 e. The van der Waals surface area contributed by atoms with Crippen LogP contribution in [0.1, 0.15) is 68.3 Å². The van der Waals surface area contributed by atoms with Gasteiger partial charge in [-0.2, -0.15) is 5.26 Å². The highest BCUT2D eigenvalue weighted by molar-refractivity contribution is 5.95. The minimum Gasteiger partial charge on any atom is -0.492 e. The molecular weight excluding hydrogens is 526 g/mol. The van der Waals surface area contributed by atoms with Crippen LogP contribution in [0.25, 0.3) is 11.1 Å². The molecule has 4 rings (SSSR count). The topological polar surface area (TPSA) is 91.8 Å². The van der Waals surface area contributed by atoms with Crippen molar-refractivity contribution in [3.8, 4) is 22.9 Å². The van der Waals surface area contributed by atoms with Crippen molar-refractivity contribution in [3.05, 3.63) is 53.3 Å². The lowest BCUT2D eigenvalue weighted by molar-refractivity contribution is 0.0548. The minimum absolute atomic E-state index is 0.0153. The molecule has 0 saturated carbocycles. The highest BCUT2D eigenvalue weighted by Gasteiger charge is 2.32. The summed E-state index contributed by atoms with van der Waals surface area (Å²) in [5, 5.41) is 9.78. The molecule has 7 nitrogen and oxygen atoms in total. The number of likely N-dealkylation sites (tertiary alicyclic amines) is 2. The van der Waals surface area contributed by atoms with Gasteiger partial charge >= 0.3 is 0 Å². The van der Waals surface area contributed by atoms with Gasteiger partial charge in [0.1, 0.15) is 23.3 Å². The Hall–Kier alpha value is -3.06. The van der Waals surface area contributed by atoms with Crippen LogP contribution in [0.2, 0.25) is 0 Å². The molecule has 2 aliphatic rings. The van der Waals surface area contributed by atoms with Crippen molar-refractivity contribution in [2.45, 2.75) is 64.1 Å². The molecule has 2 aromatic rings. The zero-order valence-corrected chi connectivity index (χ0v) is 24.2. The van der Waals surface area contributed by atoms with E-state index in [1.165, 1.54) is 12.1 Å². The Bertz CT molecular complexity index is 1220. The molecule has 2 fully saturated rings. The average Bonchev–Trinajstić information content (AvgIpc) is 3.47. The first kappa shape index (κ1) is 30.9. The second kappa shape index (κ2) is 14.2. The third-order valence-electron chi connectivity index (χ3n) is 8.65. The van der Waals surface area contributed by atoms with Crippen molar-refractivity contribution in [2.75, 3.05) is 46.1 Å². The first-order valence-electron chi connectivity index (χ1n) is 14.8. The van der Waals surface area contributed by atoms with Gasteiger partial charge in [-0.3, -0.25) is 4.79 Å². The van der Waals surface area contributed by atoms with E-state index in [2.05, 4.69) is 11.0 Å². The second-order valence-electron chi connectivity index (χ2n) is 11.2. The molecule has 1 atom stereocenters. The molecule has 222 valence electrons. The molecular formula is C32H42F2N4O3. The van der Waals surface area contributed by atoms with Gasteiger partial charge in [0.25, 0.3) is 5.91 Å². The van der Waals surface area contributed by atoms with E-state index in [1.54, 1.807) is 29.2 Å². The number of halogens is 2. The average molecular weight is 569 g/mol. The number of nitriles is 1. The summed E-state index contributed by atoms with van der Waals surface area (Å²) >= 11 is 0. The normalized spacial score (nSPS) is 18.4. The fourth-order valence-corrected chi connectivity index (χ4v) is 5.82. The number of hydrogen-bond acceptors (Lipinski definition) is 6. The van der Waals surface area contributed by atoms with E-state index in [1.807, 2.05) is 13.8 Å². The Labute approximate surface area is 242 Å². The summed E-state index contributed by atoms with van der Waals surface area (Å²) in [7, 11) is 0. The Balaban J connectivity index is 1.36. The fourth-order valence-electron chi connectivity index (χ4n) is 5.82. The smallest absolute Gasteiger partial charge is 0.257 e. The van der Waals surface area contributed by atoms with Gasteiger partial charge < -0.3 is 25.0 Å². The molecule has 0 radical (unpaired) electrons. The number of rotatable bonds is 12. The monoisotopic (exact) mass is 568 g/mol. The molecule has 0 aliphatic carbocycles. The summed E-state index contributed by atoms with van der Waals surface area (Å²) in [6.45, 7) is 7.43. The zero-order valence-electron chi connectivity index (χ0n) is 24.2. The van der Waals surface area contributed by atoms with Crippen molar-refractivity contribution in [1.82, 2.24) is 9.80 Å². The summed E-state index contributed by atoms with van der Waals surface area (Å²) in [6.07, 6.45) is 4.54. The number of nitrogens with zero attached hydrogens (tertiary/aromatic N) is 3. The summed E-state index contributed by atoms with van der Waals surface area (Å²) in [5.41, 5.74) is 5.92. The first-order chi connectivity index (χ1) is 19.8. The van der Waals surface area contributed by atoms with E-state index >= 15 is 4.39 Å². The Morgan fingerprint density at radius 1 is 1.07 bits per heavy atom. The van der Waals surface area contributed by atoms with E-state index in [-0.39, 0.29) is 24.2 Å². The third-order valence-corrected chi connectivity index (χ3v) is 8.65. The van der Waals surface area contributed by atoms with Gasteiger partial charge in [0, 0.05) is 13.1 Å². The van der Waals surface area contributed by atoms with Crippen molar-refractivity contribution in [1.29, 1.82) is 5.26 Å². The second-order valence-corrected chi connectivity index (χ2v) is 11.2. The van der Waals surface area contributed by atoms with Crippen LogP contribution in [0.3, 0.4) is 0 Å². The van der Waals surface area contributed by atoms with Crippen LogP contribution in [-0.2, 0) is 4.74 Å². The summed E-state index contributed by atoms with van der Waals surface area (Å²) < 4.78 is 41.3. The van der Waals surface area contributed by atoms with Crippen LogP contribution in [0.15, 0.2) is 36.4 Å². The van der Waals surface area contributed by atoms with E-state index in [4.69, 9.17) is 15.2 Å². The third kappa shape index (κ3) is 7.62. The van der Waals surface area contributed by atoms with Gasteiger partial charge in [-0.25, -0.2) is 8.78 Å². The van der Waals surface area contributed by atoms with E-state index < -0.39 is 11.5 Å². The fraction of sp³-hybridized carbons (Fsp3) is 0.562. The van der Waals surface area contributed by atoms with Gasteiger partial charge in [-0.1, -0.05) is 26.0 Å². The molecule has 0 aromatic heterocycles. The SMILES string of the molecule is CCC(F)(CC)CN1CCC(COc2ccc(-c3ccc(C(=O)N4CCC[C@H]4COCN)c(F)c3)cc2C#N)CC1. The lowest BCUT2D eigenvalue weighted by Crippen LogP contribution is -2.44. The summed E-state index contributed by atoms with van der Waals surface area (Å²) in [5.74, 6) is -0.133. The summed E-state index contributed by atoms with van der Waals surface area (Å²) in [4.78, 5) is 16.9. The maximum atomic E-state index is 15.2. The van der Waals surface area contributed by atoms with Crippen molar-refractivity contribution in [2.24, 2.45) is 11.7 Å². The predicted octanol–water partition coefficient (Wildman–Crippen LogP) is 5.52. The van der Waals surface area contributed by atoms with Crippen LogP contribution in [-0.4, -0.2) is 73.5 Å². The number of carbonyl (C=O) groups is 1. The van der Waals surface area contributed by atoms with Gasteiger partial charge in [0.05, 0.1) is 37.1 Å². The Morgan fingerprint density at radius 3 is 2.44 bits per heavy atom. The highest BCUT2D eigenvalue weighted by Crippen LogP contribution is 2.30. The van der Waals surface area contributed by atoms with Crippen LogP contribution in [0.5, 0.6) is 5.75 Å². The lowest BCUT2D eigenvalue weighted by Gasteiger charge is -2.36. The molecule has 41 heavy (non-hydrogen) atoms. The van der Waals surface area contributed by atoms with Crippen LogP contribution in [0, 0.1) is 23.1 Å². The van der Waals surface area contributed by atoms with E-state index in [0.717, 1.165) is 38.8 Å². The van der Waals surface area contributed by atoms with Crippen LogP contribution in [0.4, 0.5) is 8.78 Å². The zero-order chi connectivity index (χ0) is 29.4. The van der Waals surface area contributed by atoms with E-state index in [0.29, 0.717) is 67.5 Å². The highest BCUT2D eigenvalue weighted by atomic mass is 19.1. The van der Waals surface area contributed by atoms with Crippen LogP contribution >= 0.6 is 0 Å². The minimum atomic E-state index is -1.12. The number of benzene rings is 2.